The number of anilines is 2. The van der Waals surface area contributed by atoms with Gasteiger partial charge in [0.05, 0.1) is 31.9 Å². The van der Waals surface area contributed by atoms with Crippen LogP contribution in [-0.2, 0) is 20.2 Å². The quantitative estimate of drug-likeness (QED) is 0.144. The van der Waals surface area contributed by atoms with Crippen molar-refractivity contribution in [2.75, 3.05) is 16.6 Å². The molecule has 2 heterocycles. The number of rotatable bonds is 11. The fourth-order valence-corrected chi connectivity index (χ4v) is 6.70. The van der Waals surface area contributed by atoms with E-state index < -0.39 is 38.7 Å². The molecule has 0 unspecified atom stereocenters. The third kappa shape index (κ3) is 7.84. The van der Waals surface area contributed by atoms with E-state index in [1.807, 2.05) is 20.8 Å². The van der Waals surface area contributed by atoms with Crippen molar-refractivity contribution in [1.82, 2.24) is 15.0 Å². The first-order chi connectivity index (χ1) is 20.2. The van der Waals surface area contributed by atoms with E-state index in [1.54, 1.807) is 6.07 Å². The van der Waals surface area contributed by atoms with Crippen molar-refractivity contribution < 1.29 is 27.1 Å². The number of hydrogen-bond donors (Lipinski definition) is 3. The van der Waals surface area contributed by atoms with Crippen molar-refractivity contribution in [2.24, 2.45) is 0 Å². The van der Waals surface area contributed by atoms with Crippen molar-refractivity contribution in [3.05, 3.63) is 69.8 Å². The summed E-state index contributed by atoms with van der Waals surface area (Å²) < 4.78 is 58.6. The molecule has 0 aliphatic heterocycles. The zero-order chi connectivity index (χ0) is 31.5. The van der Waals surface area contributed by atoms with E-state index in [4.69, 9.17) is 21.7 Å². The number of unbranched alkanes of at least 4 members (excludes halogenated alkanes) is 1. The van der Waals surface area contributed by atoms with Crippen molar-refractivity contribution >= 4 is 50.6 Å². The first-order valence-corrected chi connectivity index (χ1v) is 15.9. The van der Waals surface area contributed by atoms with E-state index in [0.717, 1.165) is 18.2 Å². The molecule has 9 nitrogen and oxygen atoms in total. The number of aryl methyl sites for hydroxylation is 1. The lowest BCUT2D eigenvalue weighted by Gasteiger charge is -2.14. The minimum absolute atomic E-state index is 0.0488. The number of carboxylic acid groups (broad SMARTS) is 1. The lowest BCUT2D eigenvalue weighted by molar-refractivity contribution is -0.137. The van der Waals surface area contributed by atoms with Gasteiger partial charge in [0.1, 0.15) is 5.82 Å². The highest BCUT2D eigenvalue weighted by Crippen LogP contribution is 2.43. The molecular formula is C29H30ClF2N5O4S2. The number of aromatic nitrogens is 3. The Bertz CT molecular complexity index is 1780. The molecule has 0 aliphatic rings. The summed E-state index contributed by atoms with van der Waals surface area (Å²) in [4.78, 5) is 24.5. The Morgan fingerprint density at radius 1 is 1.09 bits per heavy atom. The van der Waals surface area contributed by atoms with Crippen LogP contribution >= 0.6 is 22.9 Å². The molecule has 2 aromatic heterocycles. The topological polar surface area (TPSA) is 134 Å². The summed E-state index contributed by atoms with van der Waals surface area (Å²) in [6, 6.07) is 7.47. The number of thiazole rings is 1. The number of carboxylic acids is 1. The van der Waals surface area contributed by atoms with Crippen molar-refractivity contribution in [3.8, 4) is 21.8 Å². The van der Waals surface area contributed by atoms with Crippen LogP contribution in [0.25, 0.3) is 21.8 Å². The van der Waals surface area contributed by atoms with Crippen LogP contribution in [0.1, 0.15) is 50.6 Å². The standard InChI is InChI=1S/C29H30ClF2N5O4S2/c1-16-8-9-18(31)15-22(16)43(40,41)37-21-14-17(30)13-19(24(21)32)25-26(42-27(36-25)29(2,3)4)20-10-12-34-28(35-20)33-11-6-5-7-23(38)39/h8-10,12-15,37H,5-7,11H2,1-4H3,(H,38,39)(H,33,34,35). The van der Waals surface area contributed by atoms with Gasteiger partial charge in [0.2, 0.25) is 5.95 Å². The average molecular weight is 650 g/mol. The highest BCUT2D eigenvalue weighted by atomic mass is 35.5. The van der Waals surface area contributed by atoms with Crippen molar-refractivity contribution in [2.45, 2.75) is 57.3 Å². The predicted octanol–water partition coefficient (Wildman–Crippen LogP) is 7.27. The van der Waals surface area contributed by atoms with Gasteiger partial charge in [-0.25, -0.2) is 32.2 Å². The zero-order valence-electron chi connectivity index (χ0n) is 23.8. The second-order valence-electron chi connectivity index (χ2n) is 10.8. The summed E-state index contributed by atoms with van der Waals surface area (Å²) in [6.45, 7) is 7.83. The van der Waals surface area contributed by atoms with E-state index in [-0.39, 0.29) is 33.2 Å². The highest BCUT2D eigenvalue weighted by molar-refractivity contribution is 7.92. The molecule has 4 rings (SSSR count). The molecule has 228 valence electrons. The second-order valence-corrected chi connectivity index (χ2v) is 13.9. The molecule has 0 bridgehead atoms. The Balaban J connectivity index is 1.75. The Morgan fingerprint density at radius 3 is 2.53 bits per heavy atom. The summed E-state index contributed by atoms with van der Waals surface area (Å²) in [5, 5.41) is 12.6. The SMILES string of the molecule is Cc1ccc(F)cc1S(=O)(=O)Nc1cc(Cl)cc(-c2nc(C(C)(C)C)sc2-c2ccnc(NCCCCC(=O)O)n2)c1F. The average Bonchev–Trinajstić information content (AvgIpc) is 3.38. The number of nitrogens with zero attached hydrogens (tertiary/aromatic N) is 3. The van der Waals surface area contributed by atoms with E-state index in [1.165, 1.54) is 36.6 Å². The first-order valence-electron chi connectivity index (χ1n) is 13.2. The van der Waals surface area contributed by atoms with Crippen LogP contribution in [0.3, 0.4) is 0 Å². The van der Waals surface area contributed by atoms with Gasteiger partial charge >= 0.3 is 5.97 Å². The first kappa shape index (κ1) is 32.2. The van der Waals surface area contributed by atoms with Gasteiger partial charge in [0.25, 0.3) is 10.0 Å². The molecule has 0 saturated carbocycles. The van der Waals surface area contributed by atoms with E-state index >= 15 is 4.39 Å². The molecule has 4 aromatic rings. The zero-order valence-corrected chi connectivity index (χ0v) is 26.2. The summed E-state index contributed by atoms with van der Waals surface area (Å²) in [5.41, 5.74) is 0.0534. The lowest BCUT2D eigenvalue weighted by Crippen LogP contribution is -2.16. The number of benzene rings is 2. The van der Waals surface area contributed by atoms with Gasteiger partial charge in [-0.05, 0) is 55.7 Å². The largest absolute Gasteiger partial charge is 0.481 e. The van der Waals surface area contributed by atoms with Gasteiger partial charge in [-0.2, -0.15) is 0 Å². The molecule has 0 saturated heterocycles. The third-order valence-electron chi connectivity index (χ3n) is 6.23. The van der Waals surface area contributed by atoms with Crippen LogP contribution in [0, 0.1) is 18.6 Å². The molecule has 0 atom stereocenters. The molecular weight excluding hydrogens is 620 g/mol. The molecule has 43 heavy (non-hydrogen) atoms. The maximum absolute atomic E-state index is 16.2. The minimum atomic E-state index is -4.38. The summed E-state index contributed by atoms with van der Waals surface area (Å²) in [5.74, 6) is -2.23. The summed E-state index contributed by atoms with van der Waals surface area (Å²) in [7, 11) is -4.38. The normalized spacial score (nSPS) is 11.9. The third-order valence-corrected chi connectivity index (χ3v) is 9.46. The van der Waals surface area contributed by atoms with Crippen LogP contribution < -0.4 is 10.0 Å². The fourth-order valence-electron chi connectivity index (χ4n) is 4.07. The number of halogens is 3. The van der Waals surface area contributed by atoms with Gasteiger partial charge in [0, 0.05) is 35.2 Å². The smallest absolute Gasteiger partial charge is 0.303 e. The van der Waals surface area contributed by atoms with Gasteiger partial charge in [-0.15, -0.1) is 11.3 Å². The van der Waals surface area contributed by atoms with Crippen LogP contribution in [0.4, 0.5) is 20.4 Å². The van der Waals surface area contributed by atoms with Gasteiger partial charge < -0.3 is 10.4 Å². The van der Waals surface area contributed by atoms with E-state index in [2.05, 4.69) is 20.0 Å². The fraction of sp³-hybridized carbons (Fsp3) is 0.310. The van der Waals surface area contributed by atoms with Crippen LogP contribution in [0.15, 0.2) is 47.5 Å². The van der Waals surface area contributed by atoms with Crippen molar-refractivity contribution in [1.29, 1.82) is 0 Å². The molecule has 0 radical (unpaired) electrons. The van der Waals surface area contributed by atoms with Crippen LogP contribution in [0.5, 0.6) is 0 Å². The van der Waals surface area contributed by atoms with Crippen LogP contribution in [0.2, 0.25) is 5.02 Å². The molecule has 0 amide bonds. The van der Waals surface area contributed by atoms with Gasteiger partial charge in [0.15, 0.2) is 5.82 Å². The highest BCUT2D eigenvalue weighted by Gasteiger charge is 2.28. The monoisotopic (exact) mass is 649 g/mol. The molecule has 3 N–H and O–H groups in total. The summed E-state index contributed by atoms with van der Waals surface area (Å²) >= 11 is 7.68. The Kier molecular flexibility index (Phi) is 9.67. The minimum Gasteiger partial charge on any atom is -0.481 e. The van der Waals surface area contributed by atoms with Gasteiger partial charge in [-0.3, -0.25) is 9.52 Å². The molecule has 0 fully saturated rings. The summed E-state index contributed by atoms with van der Waals surface area (Å²) in [6.07, 6.45) is 2.70. The van der Waals surface area contributed by atoms with Crippen molar-refractivity contribution in [3.63, 3.8) is 0 Å². The Hall–Kier alpha value is -3.68. The molecule has 0 spiro atoms. The number of carbonyl (C=O) groups is 1. The lowest BCUT2D eigenvalue weighted by atomic mass is 9.98. The predicted molar refractivity (Wildman–Crippen MR) is 164 cm³/mol. The van der Waals surface area contributed by atoms with Crippen LogP contribution in [-0.4, -0.2) is 41.0 Å². The van der Waals surface area contributed by atoms with E-state index in [0.29, 0.717) is 40.9 Å². The van der Waals surface area contributed by atoms with E-state index in [9.17, 15) is 17.6 Å². The number of aliphatic carboxylic acids is 1. The Morgan fingerprint density at radius 2 is 1.84 bits per heavy atom. The second kappa shape index (κ2) is 12.9. The molecule has 14 heteroatoms. The van der Waals surface area contributed by atoms with Gasteiger partial charge in [-0.1, -0.05) is 38.4 Å². The maximum Gasteiger partial charge on any atom is 0.303 e. The number of nitrogens with one attached hydrogen (secondary N) is 2. The Labute approximate surface area is 257 Å². The maximum atomic E-state index is 16.2. The number of sulfonamides is 1. The number of hydrogen-bond acceptors (Lipinski definition) is 8. The molecule has 0 aliphatic carbocycles. The molecule has 2 aromatic carbocycles.